The number of aryl methyl sites for hydroxylation is 2. The lowest BCUT2D eigenvalue weighted by molar-refractivity contribution is 0.627. The minimum absolute atomic E-state index is 0.471. The van der Waals surface area contributed by atoms with Gasteiger partial charge in [-0.05, 0) is 44.2 Å². The molecule has 0 saturated heterocycles. The highest BCUT2D eigenvalue weighted by molar-refractivity contribution is 7.12. The zero-order valence-electron chi connectivity index (χ0n) is 9.38. The van der Waals surface area contributed by atoms with E-state index in [1.54, 1.807) is 10.4 Å². The second kappa shape index (κ2) is 4.95. The summed E-state index contributed by atoms with van der Waals surface area (Å²) in [4.78, 5) is 3.12. The Morgan fingerprint density at radius 2 is 2.33 bits per heavy atom. The molecule has 1 aromatic heterocycles. The van der Waals surface area contributed by atoms with Crippen LogP contribution in [0.4, 0.5) is 0 Å². The van der Waals surface area contributed by atoms with E-state index in [0.29, 0.717) is 6.04 Å². The first-order valence-electron chi connectivity index (χ1n) is 5.77. The Morgan fingerprint density at radius 1 is 1.53 bits per heavy atom. The molecule has 0 radical (unpaired) electrons. The molecule has 82 valence electrons. The maximum Gasteiger partial charge on any atom is 0.0388 e. The molecule has 1 unspecified atom stereocenters. The molecule has 0 saturated carbocycles. The average Bonchev–Trinajstić information content (AvgIpc) is 2.69. The zero-order valence-corrected chi connectivity index (χ0v) is 10.2. The molecule has 1 nitrogen and oxygen atoms in total. The molecule has 2 heteroatoms. The van der Waals surface area contributed by atoms with E-state index in [9.17, 15) is 0 Å². The van der Waals surface area contributed by atoms with Gasteiger partial charge in [-0.3, -0.25) is 0 Å². The molecule has 0 spiro atoms. The largest absolute Gasteiger partial charge is 0.306 e. The van der Waals surface area contributed by atoms with Gasteiger partial charge in [-0.1, -0.05) is 6.08 Å². The van der Waals surface area contributed by atoms with Crippen molar-refractivity contribution in [2.75, 3.05) is 6.54 Å². The molecule has 0 fully saturated rings. The Labute approximate surface area is 96.2 Å². The summed E-state index contributed by atoms with van der Waals surface area (Å²) >= 11 is 2.00. The van der Waals surface area contributed by atoms with Crippen molar-refractivity contribution in [1.82, 2.24) is 5.32 Å². The molecule has 1 N–H and O–H groups in total. The van der Waals surface area contributed by atoms with Crippen LogP contribution < -0.4 is 5.32 Å². The number of fused-ring (bicyclic) bond motifs is 1. The molecule has 1 aliphatic carbocycles. The molecule has 15 heavy (non-hydrogen) atoms. The van der Waals surface area contributed by atoms with Crippen molar-refractivity contribution in [1.29, 1.82) is 0 Å². The van der Waals surface area contributed by atoms with Crippen molar-refractivity contribution in [3.05, 3.63) is 34.0 Å². The predicted molar refractivity (Wildman–Crippen MR) is 67.6 cm³/mol. The minimum Gasteiger partial charge on any atom is -0.306 e. The lowest BCUT2D eigenvalue weighted by Crippen LogP contribution is -2.17. The Kier molecular flexibility index (Phi) is 3.60. The summed E-state index contributed by atoms with van der Waals surface area (Å²) < 4.78 is 0. The average molecular weight is 221 g/mol. The minimum atomic E-state index is 0.471. The molecule has 2 rings (SSSR count). The van der Waals surface area contributed by atoms with E-state index in [1.165, 1.54) is 30.6 Å². The lowest BCUT2D eigenvalue weighted by Gasteiger charge is -2.09. The number of thiophene rings is 1. The SMILES string of the molecule is C=CCNC(C)c1cc2c(s1)CCCC2. The predicted octanol–water partition coefficient (Wildman–Crippen LogP) is 3.46. The van der Waals surface area contributed by atoms with Gasteiger partial charge in [-0.2, -0.15) is 0 Å². The standard InChI is InChI=1S/C13H19NS/c1-3-8-14-10(2)13-9-11-6-4-5-7-12(11)15-13/h3,9-10,14H,1,4-8H2,2H3. The first-order valence-corrected chi connectivity index (χ1v) is 6.58. The van der Waals surface area contributed by atoms with Gasteiger partial charge in [0.05, 0.1) is 0 Å². The second-order valence-corrected chi connectivity index (χ2v) is 5.39. The third-order valence-corrected chi connectivity index (χ3v) is 4.43. The van der Waals surface area contributed by atoms with Crippen LogP contribution in [0, 0.1) is 0 Å². The molecule has 1 aliphatic rings. The second-order valence-electron chi connectivity index (χ2n) is 4.22. The van der Waals surface area contributed by atoms with Crippen molar-refractivity contribution >= 4 is 11.3 Å². The van der Waals surface area contributed by atoms with Gasteiger partial charge in [0.25, 0.3) is 0 Å². The molecule has 1 aromatic rings. The van der Waals surface area contributed by atoms with Gasteiger partial charge in [0.2, 0.25) is 0 Å². The number of nitrogens with one attached hydrogen (secondary N) is 1. The highest BCUT2D eigenvalue weighted by Gasteiger charge is 2.15. The molecule has 0 bridgehead atoms. The van der Waals surface area contributed by atoms with Gasteiger partial charge in [0.1, 0.15) is 0 Å². The number of hydrogen-bond acceptors (Lipinski definition) is 2. The normalized spacial score (nSPS) is 17.1. The molecular weight excluding hydrogens is 202 g/mol. The first-order chi connectivity index (χ1) is 7.31. The molecule has 0 aromatic carbocycles. The van der Waals surface area contributed by atoms with Crippen LogP contribution in [0.1, 0.15) is 41.1 Å². The van der Waals surface area contributed by atoms with E-state index in [-0.39, 0.29) is 0 Å². The van der Waals surface area contributed by atoms with Gasteiger partial charge >= 0.3 is 0 Å². The van der Waals surface area contributed by atoms with Crippen LogP contribution in [0.2, 0.25) is 0 Å². The third-order valence-electron chi connectivity index (χ3n) is 3.01. The van der Waals surface area contributed by atoms with Crippen LogP contribution >= 0.6 is 11.3 Å². The summed E-state index contributed by atoms with van der Waals surface area (Å²) in [5.41, 5.74) is 1.61. The van der Waals surface area contributed by atoms with Crippen LogP contribution in [0.25, 0.3) is 0 Å². The summed E-state index contributed by atoms with van der Waals surface area (Å²) in [5.74, 6) is 0. The fourth-order valence-corrected chi connectivity index (χ4v) is 3.37. The van der Waals surface area contributed by atoms with Gasteiger partial charge in [0, 0.05) is 22.3 Å². The Bertz CT molecular complexity index is 317. The van der Waals surface area contributed by atoms with E-state index in [1.807, 2.05) is 17.4 Å². The highest BCUT2D eigenvalue weighted by atomic mass is 32.1. The number of rotatable bonds is 4. The van der Waals surface area contributed by atoms with Crippen molar-refractivity contribution in [2.24, 2.45) is 0 Å². The van der Waals surface area contributed by atoms with Gasteiger partial charge in [-0.25, -0.2) is 0 Å². The van der Waals surface area contributed by atoms with E-state index in [0.717, 1.165) is 6.54 Å². The Balaban J connectivity index is 2.08. The highest BCUT2D eigenvalue weighted by Crippen LogP contribution is 2.32. The van der Waals surface area contributed by atoms with Crippen molar-refractivity contribution in [3.63, 3.8) is 0 Å². The Morgan fingerprint density at radius 3 is 3.07 bits per heavy atom. The van der Waals surface area contributed by atoms with Crippen LogP contribution in [-0.4, -0.2) is 6.54 Å². The molecule has 0 aliphatic heterocycles. The van der Waals surface area contributed by atoms with Gasteiger partial charge in [-0.15, -0.1) is 17.9 Å². The summed E-state index contributed by atoms with van der Waals surface area (Å²) in [6, 6.07) is 2.87. The zero-order chi connectivity index (χ0) is 10.7. The maximum atomic E-state index is 3.73. The number of hydrogen-bond donors (Lipinski definition) is 1. The summed E-state index contributed by atoms with van der Waals surface area (Å²) in [7, 11) is 0. The quantitative estimate of drug-likeness (QED) is 0.768. The first kappa shape index (κ1) is 10.9. The molecule has 1 heterocycles. The van der Waals surface area contributed by atoms with Crippen molar-refractivity contribution < 1.29 is 0 Å². The fourth-order valence-electron chi connectivity index (χ4n) is 2.09. The molecule has 0 amide bonds. The summed E-state index contributed by atoms with van der Waals surface area (Å²) in [6.45, 7) is 6.86. The van der Waals surface area contributed by atoms with Crippen LogP contribution in [0.3, 0.4) is 0 Å². The van der Waals surface area contributed by atoms with Crippen LogP contribution in [0.5, 0.6) is 0 Å². The summed E-state index contributed by atoms with van der Waals surface area (Å²) in [6.07, 6.45) is 7.26. The van der Waals surface area contributed by atoms with Gasteiger partial charge < -0.3 is 5.32 Å². The molecule has 1 atom stereocenters. The monoisotopic (exact) mass is 221 g/mol. The van der Waals surface area contributed by atoms with E-state index < -0.39 is 0 Å². The lowest BCUT2D eigenvalue weighted by atomic mass is 9.99. The van der Waals surface area contributed by atoms with Crippen LogP contribution in [-0.2, 0) is 12.8 Å². The molecular formula is C13H19NS. The Hall–Kier alpha value is -0.600. The van der Waals surface area contributed by atoms with Gasteiger partial charge in [0.15, 0.2) is 0 Å². The van der Waals surface area contributed by atoms with Crippen molar-refractivity contribution in [3.8, 4) is 0 Å². The van der Waals surface area contributed by atoms with E-state index in [2.05, 4.69) is 24.9 Å². The smallest absolute Gasteiger partial charge is 0.0388 e. The maximum absolute atomic E-state index is 3.73. The summed E-state index contributed by atoms with van der Waals surface area (Å²) in [5, 5.41) is 3.45. The fraction of sp³-hybridized carbons (Fsp3) is 0.538. The van der Waals surface area contributed by atoms with Crippen LogP contribution in [0.15, 0.2) is 18.7 Å². The van der Waals surface area contributed by atoms with E-state index in [4.69, 9.17) is 0 Å². The topological polar surface area (TPSA) is 12.0 Å². The van der Waals surface area contributed by atoms with Crippen molar-refractivity contribution in [2.45, 2.75) is 38.6 Å². The van der Waals surface area contributed by atoms with E-state index >= 15 is 0 Å². The third kappa shape index (κ3) is 2.50.